The zero-order chi connectivity index (χ0) is 16.6. The van der Waals surface area contributed by atoms with Gasteiger partial charge < -0.3 is 0 Å². The predicted molar refractivity (Wildman–Crippen MR) is 72.8 cm³/mol. The normalized spacial score (nSPS) is 13.6. The summed E-state index contributed by atoms with van der Waals surface area (Å²) in [6.45, 7) is 3.17. The van der Waals surface area contributed by atoms with Crippen LogP contribution in [0.2, 0.25) is 0 Å². The Balaban J connectivity index is 3.69. The van der Waals surface area contributed by atoms with E-state index >= 15 is 0 Å². The van der Waals surface area contributed by atoms with Crippen LogP contribution in [0, 0.1) is 3.57 Å². The number of hydrogen-bond donors (Lipinski definition) is 0. The van der Waals surface area contributed by atoms with E-state index in [-0.39, 0.29) is 24.0 Å². The van der Waals surface area contributed by atoms with E-state index in [4.69, 9.17) is 0 Å². The highest BCUT2D eigenvalue weighted by atomic mass is 127. The Kier molecular flexibility index (Phi) is 5.22. The predicted octanol–water partition coefficient (Wildman–Crippen LogP) is 5.71. The highest BCUT2D eigenvalue weighted by molar-refractivity contribution is 14.1. The Morgan fingerprint density at radius 1 is 0.810 bits per heavy atom. The van der Waals surface area contributed by atoms with Crippen LogP contribution in [0.15, 0.2) is 12.1 Å². The molecule has 120 valence electrons. The SMILES string of the molecule is CCc1cc(C(F)(C(F)(F)F)C(F)(F)F)cc(CC)c1I. The molecule has 0 aliphatic rings. The molecule has 1 aromatic carbocycles. The second-order valence-corrected chi connectivity index (χ2v) is 5.55. The van der Waals surface area contributed by atoms with Crippen molar-refractivity contribution in [3.05, 3.63) is 32.4 Å². The number of hydrogen-bond acceptors (Lipinski definition) is 0. The van der Waals surface area contributed by atoms with Crippen LogP contribution in [0.1, 0.15) is 30.5 Å². The van der Waals surface area contributed by atoms with Gasteiger partial charge in [0.2, 0.25) is 0 Å². The minimum atomic E-state index is -6.08. The Hall–Kier alpha value is -0.540. The van der Waals surface area contributed by atoms with E-state index in [1.807, 2.05) is 22.6 Å². The molecule has 21 heavy (non-hydrogen) atoms. The first-order chi connectivity index (χ1) is 9.40. The second-order valence-electron chi connectivity index (χ2n) is 4.47. The highest BCUT2D eigenvalue weighted by Gasteiger charge is 2.73. The molecule has 0 radical (unpaired) electrons. The molecule has 0 aliphatic heterocycles. The summed E-state index contributed by atoms with van der Waals surface area (Å²) in [6, 6.07) is 1.31. The molecule has 0 spiro atoms. The lowest BCUT2D eigenvalue weighted by Gasteiger charge is -2.31. The first-order valence-electron chi connectivity index (χ1n) is 6.04. The van der Waals surface area contributed by atoms with Crippen LogP contribution in [0.4, 0.5) is 30.7 Å². The number of rotatable bonds is 3. The van der Waals surface area contributed by atoms with E-state index in [1.54, 1.807) is 13.8 Å². The molecule has 0 fully saturated rings. The van der Waals surface area contributed by atoms with Crippen LogP contribution in [-0.2, 0) is 18.5 Å². The lowest BCUT2D eigenvalue weighted by molar-refractivity contribution is -0.348. The maximum atomic E-state index is 14.0. The van der Waals surface area contributed by atoms with Crippen molar-refractivity contribution < 1.29 is 30.7 Å². The van der Waals surface area contributed by atoms with Crippen molar-refractivity contribution in [2.45, 2.75) is 44.7 Å². The maximum absolute atomic E-state index is 14.0. The largest absolute Gasteiger partial charge is 0.435 e. The summed E-state index contributed by atoms with van der Waals surface area (Å²) in [7, 11) is 0. The van der Waals surface area contributed by atoms with Gasteiger partial charge in [-0.1, -0.05) is 26.0 Å². The van der Waals surface area contributed by atoms with Crippen molar-refractivity contribution in [1.82, 2.24) is 0 Å². The zero-order valence-corrected chi connectivity index (χ0v) is 13.3. The smallest absolute Gasteiger partial charge is 0.218 e. The van der Waals surface area contributed by atoms with Crippen molar-refractivity contribution >= 4 is 22.6 Å². The maximum Gasteiger partial charge on any atom is 0.435 e. The molecule has 1 aromatic rings. The van der Waals surface area contributed by atoms with Crippen LogP contribution in [-0.4, -0.2) is 12.4 Å². The average Bonchev–Trinajstić information content (AvgIpc) is 2.35. The molecule has 0 saturated carbocycles. The fraction of sp³-hybridized carbons (Fsp3) is 0.538. The zero-order valence-electron chi connectivity index (χ0n) is 11.1. The molecule has 0 aliphatic carbocycles. The summed E-state index contributed by atoms with van der Waals surface area (Å²) in [5.74, 6) is 0. The fourth-order valence-corrected chi connectivity index (χ4v) is 3.03. The van der Waals surface area contributed by atoms with Gasteiger partial charge in [-0.05, 0) is 46.6 Å². The third kappa shape index (κ3) is 3.14. The minimum Gasteiger partial charge on any atom is -0.218 e. The number of benzene rings is 1. The van der Waals surface area contributed by atoms with Crippen LogP contribution < -0.4 is 0 Å². The number of alkyl halides is 7. The van der Waals surface area contributed by atoms with Crippen LogP contribution in [0.25, 0.3) is 0 Å². The van der Waals surface area contributed by atoms with Crippen molar-refractivity contribution in [3.63, 3.8) is 0 Å². The lowest BCUT2D eigenvalue weighted by Crippen LogP contribution is -2.50. The van der Waals surface area contributed by atoms with Gasteiger partial charge in [-0.15, -0.1) is 0 Å². The van der Waals surface area contributed by atoms with Gasteiger partial charge in [0.15, 0.2) is 0 Å². The Morgan fingerprint density at radius 2 is 1.14 bits per heavy atom. The Labute approximate surface area is 130 Å². The van der Waals surface area contributed by atoms with Crippen molar-refractivity contribution in [2.75, 3.05) is 0 Å². The van der Waals surface area contributed by atoms with Crippen LogP contribution >= 0.6 is 22.6 Å². The highest BCUT2D eigenvalue weighted by Crippen LogP contribution is 2.53. The van der Waals surface area contributed by atoms with E-state index in [1.165, 1.54) is 0 Å². The molecule has 0 nitrogen and oxygen atoms in total. The van der Waals surface area contributed by atoms with E-state index < -0.39 is 23.6 Å². The quantitative estimate of drug-likeness (QED) is 0.428. The van der Waals surface area contributed by atoms with Crippen molar-refractivity contribution in [2.24, 2.45) is 0 Å². The second kappa shape index (κ2) is 5.92. The molecule has 0 aromatic heterocycles. The molecule has 1 rings (SSSR count). The summed E-state index contributed by atoms with van der Waals surface area (Å²) in [6.07, 6.45) is -11.7. The average molecular weight is 428 g/mol. The summed E-state index contributed by atoms with van der Waals surface area (Å²) in [4.78, 5) is 0. The van der Waals surface area contributed by atoms with Gasteiger partial charge in [0.05, 0.1) is 0 Å². The third-order valence-corrected chi connectivity index (χ3v) is 4.55. The molecule has 0 N–H and O–H groups in total. The molecular formula is C13H12F7I. The number of aryl methyl sites for hydroxylation is 2. The van der Waals surface area contributed by atoms with Gasteiger partial charge in [0, 0.05) is 9.13 Å². The van der Waals surface area contributed by atoms with E-state index in [0.717, 1.165) is 0 Å². The Morgan fingerprint density at radius 3 is 1.38 bits per heavy atom. The molecule has 0 saturated heterocycles. The van der Waals surface area contributed by atoms with Crippen molar-refractivity contribution in [1.29, 1.82) is 0 Å². The molecular weight excluding hydrogens is 416 g/mol. The van der Waals surface area contributed by atoms with Gasteiger partial charge >= 0.3 is 18.0 Å². The fourth-order valence-electron chi connectivity index (χ4n) is 1.95. The van der Waals surface area contributed by atoms with E-state index in [0.29, 0.717) is 15.7 Å². The molecule has 8 heteroatoms. The van der Waals surface area contributed by atoms with E-state index in [2.05, 4.69) is 0 Å². The van der Waals surface area contributed by atoms with E-state index in [9.17, 15) is 30.7 Å². The minimum absolute atomic E-state index is 0.213. The van der Waals surface area contributed by atoms with Gasteiger partial charge in [-0.25, -0.2) is 4.39 Å². The summed E-state index contributed by atoms with van der Waals surface area (Å²) < 4.78 is 91.2. The first kappa shape index (κ1) is 18.5. The molecule has 0 heterocycles. The van der Waals surface area contributed by atoms with Gasteiger partial charge in [0.1, 0.15) is 0 Å². The Bertz CT molecular complexity index is 477. The molecule has 0 atom stereocenters. The molecule has 0 amide bonds. The van der Waals surface area contributed by atoms with Gasteiger partial charge in [-0.2, -0.15) is 26.3 Å². The van der Waals surface area contributed by atoms with Crippen molar-refractivity contribution in [3.8, 4) is 0 Å². The van der Waals surface area contributed by atoms with Crippen LogP contribution in [0.5, 0.6) is 0 Å². The molecule has 0 unspecified atom stereocenters. The summed E-state index contributed by atoms with van der Waals surface area (Å²) >= 11 is 1.84. The lowest BCUT2D eigenvalue weighted by atomic mass is 9.90. The standard InChI is InChI=1S/C13H12F7I/c1-3-7-5-9(6-8(4-2)10(7)21)11(14,12(15,16)17)13(18,19)20/h5-6H,3-4H2,1-2H3. The summed E-state index contributed by atoms with van der Waals surface area (Å²) in [5, 5.41) is 0. The third-order valence-electron chi connectivity index (χ3n) is 3.16. The first-order valence-corrected chi connectivity index (χ1v) is 7.12. The number of halogens is 8. The topological polar surface area (TPSA) is 0 Å². The monoisotopic (exact) mass is 428 g/mol. The van der Waals surface area contributed by atoms with Gasteiger partial charge in [0.25, 0.3) is 0 Å². The molecule has 0 bridgehead atoms. The summed E-state index contributed by atoms with van der Waals surface area (Å²) in [5.41, 5.74) is -6.24. The van der Waals surface area contributed by atoms with Crippen LogP contribution in [0.3, 0.4) is 0 Å². The van der Waals surface area contributed by atoms with Gasteiger partial charge in [-0.3, -0.25) is 0 Å².